The van der Waals surface area contributed by atoms with E-state index in [9.17, 15) is 5.11 Å². The van der Waals surface area contributed by atoms with E-state index in [1.165, 1.54) is 19.3 Å². The lowest BCUT2D eigenvalue weighted by Gasteiger charge is -2.28. The molecular weight excluding hydrogens is 276 g/mol. The van der Waals surface area contributed by atoms with Crippen LogP contribution in [-0.4, -0.2) is 41.3 Å². The van der Waals surface area contributed by atoms with Crippen molar-refractivity contribution in [3.05, 3.63) is 29.5 Å². The van der Waals surface area contributed by atoms with Crippen molar-refractivity contribution in [1.82, 2.24) is 9.47 Å². The Morgan fingerprint density at radius 1 is 1.23 bits per heavy atom. The number of aromatic nitrogens is 1. The number of aryl methyl sites for hydroxylation is 1. The molecule has 1 saturated heterocycles. The van der Waals surface area contributed by atoms with Gasteiger partial charge in [0.05, 0.1) is 13.2 Å². The molecule has 2 aromatic rings. The first kappa shape index (κ1) is 15.4. The van der Waals surface area contributed by atoms with Gasteiger partial charge >= 0.3 is 0 Å². The molecule has 1 aliphatic heterocycles. The number of ether oxygens (including phenoxy) is 1. The minimum absolute atomic E-state index is 0.450. The van der Waals surface area contributed by atoms with E-state index in [1.54, 1.807) is 7.11 Å². The predicted molar refractivity (Wildman–Crippen MR) is 89.5 cm³/mol. The Hall–Kier alpha value is -1.52. The molecule has 1 fully saturated rings. The largest absolute Gasteiger partial charge is 0.497 e. The Bertz CT molecular complexity index is 657. The zero-order valence-electron chi connectivity index (χ0n) is 13.8. The van der Waals surface area contributed by atoms with Crippen LogP contribution >= 0.6 is 0 Å². The zero-order valence-corrected chi connectivity index (χ0v) is 13.8. The van der Waals surface area contributed by atoms with Gasteiger partial charge in [-0.25, -0.2) is 0 Å². The second-order valence-electron chi connectivity index (χ2n) is 6.32. The quantitative estimate of drug-likeness (QED) is 0.943. The Labute approximate surface area is 132 Å². The van der Waals surface area contributed by atoms with E-state index >= 15 is 0 Å². The van der Waals surface area contributed by atoms with Gasteiger partial charge in [0.1, 0.15) is 5.75 Å². The van der Waals surface area contributed by atoms with Crippen LogP contribution in [-0.2, 0) is 7.05 Å². The molecule has 1 aliphatic rings. The molecular formula is C18H26N2O2. The third kappa shape index (κ3) is 2.73. The summed E-state index contributed by atoms with van der Waals surface area (Å²) in [5.74, 6) is 0.838. The van der Waals surface area contributed by atoms with Gasteiger partial charge in [-0.2, -0.15) is 0 Å². The summed E-state index contributed by atoms with van der Waals surface area (Å²) in [5, 5.41) is 11.9. The summed E-state index contributed by atoms with van der Waals surface area (Å²) in [4.78, 5) is 2.38. The number of aliphatic hydroxyl groups is 1. The fourth-order valence-corrected chi connectivity index (χ4v) is 3.61. The van der Waals surface area contributed by atoms with Crippen LogP contribution in [0.25, 0.3) is 10.9 Å². The van der Waals surface area contributed by atoms with E-state index in [0.717, 1.165) is 47.5 Å². The lowest BCUT2D eigenvalue weighted by molar-refractivity contribution is 0.102. The number of rotatable bonds is 4. The van der Waals surface area contributed by atoms with Gasteiger partial charge < -0.3 is 19.3 Å². The second-order valence-corrected chi connectivity index (χ2v) is 6.32. The number of methoxy groups -OCH3 is 1. The summed E-state index contributed by atoms with van der Waals surface area (Å²) < 4.78 is 7.51. The van der Waals surface area contributed by atoms with Crippen molar-refractivity contribution in [2.24, 2.45) is 7.05 Å². The molecule has 2 heterocycles. The maximum absolute atomic E-state index is 10.8. The predicted octanol–water partition coefficient (Wildman–Crippen LogP) is 3.01. The van der Waals surface area contributed by atoms with Crippen LogP contribution in [0.5, 0.6) is 5.75 Å². The van der Waals surface area contributed by atoms with E-state index < -0.39 is 6.10 Å². The van der Waals surface area contributed by atoms with Crippen molar-refractivity contribution in [1.29, 1.82) is 0 Å². The number of likely N-dealkylation sites (tertiary alicyclic amines) is 1. The molecule has 4 nitrogen and oxygen atoms in total. The molecule has 1 aromatic carbocycles. The number of nitrogens with zero attached hydrogens (tertiary/aromatic N) is 2. The van der Waals surface area contributed by atoms with Crippen LogP contribution in [0.1, 0.15) is 36.6 Å². The molecule has 120 valence electrons. The Kier molecular flexibility index (Phi) is 4.41. The lowest BCUT2D eigenvalue weighted by Crippen LogP contribution is -2.33. The molecule has 4 heteroatoms. The maximum Gasteiger partial charge on any atom is 0.119 e. The summed E-state index contributed by atoms with van der Waals surface area (Å²) in [6, 6.07) is 6.08. The number of piperidine rings is 1. The molecule has 0 radical (unpaired) electrons. The minimum Gasteiger partial charge on any atom is -0.497 e. The summed E-state index contributed by atoms with van der Waals surface area (Å²) in [6.07, 6.45) is 3.36. The highest BCUT2D eigenvalue weighted by Gasteiger charge is 2.22. The summed E-state index contributed by atoms with van der Waals surface area (Å²) in [5.41, 5.74) is 3.32. The number of benzene rings is 1. The third-order valence-corrected chi connectivity index (χ3v) is 4.96. The standard InChI is InChI=1S/C18H26N2O2/c1-13-18(17(21)12-20-9-5-4-6-10-20)15-11-14(22-3)7-8-16(15)19(13)2/h7-8,11,17,21H,4-6,9-10,12H2,1-3H3/t17-/m1/s1. The van der Waals surface area contributed by atoms with Crippen LogP contribution in [0.4, 0.5) is 0 Å². The van der Waals surface area contributed by atoms with Crippen molar-refractivity contribution in [3.8, 4) is 5.75 Å². The lowest BCUT2D eigenvalue weighted by atomic mass is 10.0. The first-order valence-electron chi connectivity index (χ1n) is 8.15. The molecule has 3 rings (SSSR count). The van der Waals surface area contributed by atoms with Crippen molar-refractivity contribution < 1.29 is 9.84 Å². The fraction of sp³-hybridized carbons (Fsp3) is 0.556. The molecule has 1 aromatic heterocycles. The average Bonchev–Trinajstić information content (AvgIpc) is 2.79. The number of β-amino-alcohol motifs (C(OH)–C–C–N with tert-alkyl or cyclic N) is 1. The van der Waals surface area contributed by atoms with Crippen LogP contribution in [0.3, 0.4) is 0 Å². The van der Waals surface area contributed by atoms with Crippen molar-refractivity contribution in [3.63, 3.8) is 0 Å². The number of hydrogen-bond donors (Lipinski definition) is 1. The highest BCUT2D eigenvalue weighted by Crippen LogP contribution is 2.33. The third-order valence-electron chi connectivity index (χ3n) is 4.96. The van der Waals surface area contributed by atoms with Crippen LogP contribution in [0, 0.1) is 6.92 Å². The molecule has 0 bridgehead atoms. The van der Waals surface area contributed by atoms with E-state index in [-0.39, 0.29) is 0 Å². The van der Waals surface area contributed by atoms with Gasteiger partial charge in [0.15, 0.2) is 0 Å². The monoisotopic (exact) mass is 302 g/mol. The van der Waals surface area contributed by atoms with Gasteiger partial charge in [-0.3, -0.25) is 0 Å². The highest BCUT2D eigenvalue weighted by molar-refractivity contribution is 5.87. The maximum atomic E-state index is 10.8. The van der Waals surface area contributed by atoms with E-state index in [4.69, 9.17) is 4.74 Å². The van der Waals surface area contributed by atoms with Crippen molar-refractivity contribution >= 4 is 10.9 Å². The smallest absolute Gasteiger partial charge is 0.119 e. The SMILES string of the molecule is COc1ccc2c(c1)c([C@H](O)CN1CCCCC1)c(C)n2C. The van der Waals surface area contributed by atoms with Crippen LogP contribution in [0.2, 0.25) is 0 Å². The first-order valence-corrected chi connectivity index (χ1v) is 8.15. The van der Waals surface area contributed by atoms with Crippen LogP contribution < -0.4 is 4.74 Å². The van der Waals surface area contributed by atoms with Gasteiger partial charge in [-0.15, -0.1) is 0 Å². The normalized spacial score (nSPS) is 17.8. The Morgan fingerprint density at radius 2 is 1.95 bits per heavy atom. The summed E-state index contributed by atoms with van der Waals surface area (Å²) in [6.45, 7) is 5.01. The number of hydrogen-bond acceptors (Lipinski definition) is 3. The van der Waals surface area contributed by atoms with Gasteiger partial charge in [0.2, 0.25) is 0 Å². The molecule has 22 heavy (non-hydrogen) atoms. The highest BCUT2D eigenvalue weighted by atomic mass is 16.5. The topological polar surface area (TPSA) is 37.6 Å². The molecule has 0 unspecified atom stereocenters. The first-order chi connectivity index (χ1) is 10.6. The molecule has 0 spiro atoms. The second kappa shape index (κ2) is 6.31. The van der Waals surface area contributed by atoms with E-state index in [0.29, 0.717) is 0 Å². The molecule has 0 aliphatic carbocycles. The Morgan fingerprint density at radius 3 is 2.64 bits per heavy atom. The number of aliphatic hydroxyl groups excluding tert-OH is 1. The summed E-state index contributed by atoms with van der Waals surface area (Å²) in [7, 11) is 3.74. The molecule has 1 atom stereocenters. The molecule has 1 N–H and O–H groups in total. The van der Waals surface area contributed by atoms with Gasteiger partial charge in [-0.05, 0) is 51.1 Å². The Balaban J connectivity index is 1.95. The average molecular weight is 302 g/mol. The van der Waals surface area contributed by atoms with Crippen molar-refractivity contribution in [2.45, 2.75) is 32.3 Å². The van der Waals surface area contributed by atoms with E-state index in [2.05, 4.69) is 29.5 Å². The van der Waals surface area contributed by atoms with E-state index in [1.807, 2.05) is 12.1 Å². The van der Waals surface area contributed by atoms with Crippen LogP contribution in [0.15, 0.2) is 18.2 Å². The van der Waals surface area contributed by atoms with Gasteiger partial charge in [-0.1, -0.05) is 6.42 Å². The van der Waals surface area contributed by atoms with Gasteiger partial charge in [0, 0.05) is 35.8 Å². The van der Waals surface area contributed by atoms with Crippen molar-refractivity contribution in [2.75, 3.05) is 26.7 Å². The summed E-state index contributed by atoms with van der Waals surface area (Å²) >= 11 is 0. The molecule has 0 amide bonds. The zero-order chi connectivity index (χ0) is 15.7. The van der Waals surface area contributed by atoms with Gasteiger partial charge in [0.25, 0.3) is 0 Å². The molecule has 0 saturated carbocycles. The fourth-order valence-electron chi connectivity index (χ4n) is 3.61. The number of fused-ring (bicyclic) bond motifs is 1. The minimum atomic E-state index is -0.450.